The summed E-state index contributed by atoms with van der Waals surface area (Å²) in [7, 11) is 0. The van der Waals surface area contributed by atoms with Crippen LogP contribution in [-0.4, -0.2) is 18.5 Å². The predicted octanol–water partition coefficient (Wildman–Crippen LogP) is 3.41. The van der Waals surface area contributed by atoms with Crippen molar-refractivity contribution >= 4 is 28.5 Å². The van der Waals surface area contributed by atoms with Gasteiger partial charge in [0.2, 0.25) is 5.76 Å². The highest BCUT2D eigenvalue weighted by molar-refractivity contribution is 5.98. The van der Waals surface area contributed by atoms with Crippen molar-refractivity contribution in [3.05, 3.63) is 65.4 Å². The minimum atomic E-state index is -0.711. The largest absolute Gasteiger partial charge is 0.450 e. The Morgan fingerprint density at radius 2 is 1.88 bits per heavy atom. The van der Waals surface area contributed by atoms with Gasteiger partial charge in [-0.2, -0.15) is 5.26 Å². The van der Waals surface area contributed by atoms with E-state index in [0.29, 0.717) is 22.4 Å². The lowest BCUT2D eigenvalue weighted by Crippen LogP contribution is -2.21. The van der Waals surface area contributed by atoms with Gasteiger partial charge in [-0.1, -0.05) is 30.3 Å². The molecule has 0 aliphatic heterocycles. The predicted molar refractivity (Wildman–Crippen MR) is 91.0 cm³/mol. The number of hydrogen-bond acceptors (Lipinski definition) is 5. The topological polar surface area (TPSA) is 92.3 Å². The zero-order chi connectivity index (χ0) is 17.8. The quantitative estimate of drug-likeness (QED) is 0.738. The second-order valence-corrected chi connectivity index (χ2v) is 5.33. The molecule has 3 rings (SSSR count). The van der Waals surface area contributed by atoms with Gasteiger partial charge in [-0.25, -0.2) is 4.79 Å². The van der Waals surface area contributed by atoms with Crippen molar-refractivity contribution in [2.75, 3.05) is 11.9 Å². The van der Waals surface area contributed by atoms with Crippen LogP contribution in [0.3, 0.4) is 0 Å². The number of carbonyl (C=O) groups excluding carboxylic acids is 2. The second kappa shape index (κ2) is 6.89. The SMILES string of the molecule is Cc1c(C(=O)OCC(=O)Nc2ccccc2C#N)oc2ccccc12. The number of carbonyl (C=O) groups is 2. The Morgan fingerprint density at radius 1 is 1.16 bits per heavy atom. The van der Waals surface area contributed by atoms with Crippen LogP contribution in [-0.2, 0) is 9.53 Å². The first-order valence-corrected chi connectivity index (χ1v) is 7.54. The molecule has 0 bridgehead atoms. The van der Waals surface area contributed by atoms with Crippen LogP contribution in [0.15, 0.2) is 52.9 Å². The lowest BCUT2D eigenvalue weighted by atomic mass is 10.1. The number of anilines is 1. The zero-order valence-corrected chi connectivity index (χ0v) is 13.4. The number of rotatable bonds is 4. The average molecular weight is 334 g/mol. The fraction of sp³-hybridized carbons (Fsp3) is 0.105. The van der Waals surface area contributed by atoms with Gasteiger partial charge in [0.1, 0.15) is 11.7 Å². The summed E-state index contributed by atoms with van der Waals surface area (Å²) >= 11 is 0. The molecule has 0 saturated heterocycles. The van der Waals surface area contributed by atoms with E-state index in [1.54, 1.807) is 43.3 Å². The summed E-state index contributed by atoms with van der Waals surface area (Å²) in [6.45, 7) is 1.28. The van der Waals surface area contributed by atoms with E-state index >= 15 is 0 Å². The second-order valence-electron chi connectivity index (χ2n) is 5.33. The normalized spacial score (nSPS) is 10.2. The maximum absolute atomic E-state index is 12.2. The third kappa shape index (κ3) is 3.35. The Balaban J connectivity index is 1.66. The Kier molecular flexibility index (Phi) is 4.48. The average Bonchev–Trinajstić information content (AvgIpc) is 2.97. The Bertz CT molecular complexity index is 998. The van der Waals surface area contributed by atoms with Gasteiger partial charge in [0, 0.05) is 10.9 Å². The monoisotopic (exact) mass is 334 g/mol. The molecule has 1 heterocycles. The van der Waals surface area contributed by atoms with Crippen molar-refractivity contribution in [3.63, 3.8) is 0 Å². The molecule has 2 aromatic carbocycles. The van der Waals surface area contributed by atoms with Crippen LogP contribution in [0.5, 0.6) is 0 Å². The number of nitriles is 1. The summed E-state index contributed by atoms with van der Waals surface area (Å²) < 4.78 is 10.5. The molecule has 0 aliphatic rings. The lowest BCUT2D eigenvalue weighted by Gasteiger charge is -2.07. The lowest BCUT2D eigenvalue weighted by molar-refractivity contribution is -0.119. The van der Waals surface area contributed by atoms with E-state index in [-0.39, 0.29) is 5.76 Å². The number of ether oxygens (including phenoxy) is 1. The molecule has 124 valence electrons. The zero-order valence-electron chi connectivity index (χ0n) is 13.4. The number of fused-ring (bicyclic) bond motifs is 1. The molecule has 3 aromatic rings. The number of esters is 1. The molecule has 0 radical (unpaired) electrons. The highest BCUT2D eigenvalue weighted by atomic mass is 16.5. The summed E-state index contributed by atoms with van der Waals surface area (Å²) in [4.78, 5) is 24.1. The fourth-order valence-corrected chi connectivity index (χ4v) is 2.44. The van der Waals surface area contributed by atoms with Crippen LogP contribution < -0.4 is 5.32 Å². The highest BCUT2D eigenvalue weighted by Gasteiger charge is 2.20. The van der Waals surface area contributed by atoms with E-state index in [1.165, 1.54) is 0 Å². The van der Waals surface area contributed by atoms with Gasteiger partial charge >= 0.3 is 5.97 Å². The Labute approximate surface area is 143 Å². The standard InChI is InChI=1S/C19H14N2O4/c1-12-14-7-3-5-9-16(14)25-18(12)19(23)24-11-17(22)21-15-8-4-2-6-13(15)10-20/h2-9H,11H2,1H3,(H,21,22). The van der Waals surface area contributed by atoms with Crippen molar-refractivity contribution in [2.24, 2.45) is 0 Å². The van der Waals surface area contributed by atoms with Crippen LogP contribution in [0.1, 0.15) is 21.7 Å². The number of nitrogens with zero attached hydrogens (tertiary/aromatic N) is 1. The molecular weight excluding hydrogens is 320 g/mol. The first-order valence-electron chi connectivity index (χ1n) is 7.54. The first-order chi connectivity index (χ1) is 12.1. The molecule has 0 spiro atoms. The van der Waals surface area contributed by atoms with Crippen LogP contribution in [0.4, 0.5) is 5.69 Å². The minimum Gasteiger partial charge on any atom is -0.450 e. The van der Waals surface area contributed by atoms with E-state index < -0.39 is 18.5 Å². The third-order valence-electron chi connectivity index (χ3n) is 3.69. The molecule has 1 amide bonds. The molecule has 1 aromatic heterocycles. The van der Waals surface area contributed by atoms with Gasteiger partial charge in [0.05, 0.1) is 11.3 Å². The van der Waals surface area contributed by atoms with Gasteiger partial charge in [-0.05, 0) is 25.1 Å². The molecule has 0 saturated carbocycles. The summed E-state index contributed by atoms with van der Waals surface area (Å²) in [6, 6.07) is 15.8. The molecule has 6 heteroatoms. The number of furan rings is 1. The van der Waals surface area contributed by atoms with Crippen molar-refractivity contribution in [3.8, 4) is 6.07 Å². The fourth-order valence-electron chi connectivity index (χ4n) is 2.44. The molecule has 1 N–H and O–H groups in total. The molecule has 6 nitrogen and oxygen atoms in total. The molecule has 0 fully saturated rings. The van der Waals surface area contributed by atoms with Crippen LogP contribution in [0.2, 0.25) is 0 Å². The third-order valence-corrected chi connectivity index (χ3v) is 3.69. The van der Waals surface area contributed by atoms with Gasteiger partial charge in [-0.3, -0.25) is 4.79 Å². The van der Waals surface area contributed by atoms with Gasteiger partial charge in [-0.15, -0.1) is 0 Å². The van der Waals surface area contributed by atoms with E-state index in [2.05, 4.69) is 5.32 Å². The summed E-state index contributed by atoms with van der Waals surface area (Å²) in [6.07, 6.45) is 0. The highest BCUT2D eigenvalue weighted by Crippen LogP contribution is 2.25. The Hall–Kier alpha value is -3.59. The van der Waals surface area contributed by atoms with Gasteiger partial charge in [0.15, 0.2) is 6.61 Å². The van der Waals surface area contributed by atoms with Gasteiger partial charge in [0.25, 0.3) is 5.91 Å². The van der Waals surface area contributed by atoms with Crippen molar-refractivity contribution in [1.29, 1.82) is 5.26 Å². The molecule has 0 unspecified atom stereocenters. The number of para-hydroxylation sites is 2. The van der Waals surface area contributed by atoms with Gasteiger partial charge < -0.3 is 14.5 Å². The van der Waals surface area contributed by atoms with Crippen LogP contribution >= 0.6 is 0 Å². The molecule has 0 aliphatic carbocycles. The maximum Gasteiger partial charge on any atom is 0.375 e. The molecular formula is C19H14N2O4. The minimum absolute atomic E-state index is 0.0754. The Morgan fingerprint density at radius 3 is 2.64 bits per heavy atom. The summed E-state index contributed by atoms with van der Waals surface area (Å²) in [5.74, 6) is -1.17. The number of aryl methyl sites for hydroxylation is 1. The number of nitrogens with one attached hydrogen (secondary N) is 1. The van der Waals surface area contributed by atoms with Crippen molar-refractivity contribution < 1.29 is 18.7 Å². The van der Waals surface area contributed by atoms with Crippen molar-refractivity contribution in [2.45, 2.75) is 6.92 Å². The number of benzene rings is 2. The molecule has 25 heavy (non-hydrogen) atoms. The summed E-state index contributed by atoms with van der Waals surface area (Å²) in [5, 5.41) is 12.4. The van der Waals surface area contributed by atoms with E-state index in [9.17, 15) is 9.59 Å². The number of amides is 1. The van der Waals surface area contributed by atoms with E-state index in [0.717, 1.165) is 5.39 Å². The van der Waals surface area contributed by atoms with E-state index in [1.807, 2.05) is 18.2 Å². The van der Waals surface area contributed by atoms with Crippen LogP contribution in [0.25, 0.3) is 11.0 Å². The number of hydrogen-bond donors (Lipinski definition) is 1. The summed E-state index contributed by atoms with van der Waals surface area (Å²) in [5.41, 5.74) is 1.94. The maximum atomic E-state index is 12.2. The van der Waals surface area contributed by atoms with Crippen molar-refractivity contribution in [1.82, 2.24) is 0 Å². The first kappa shape index (κ1) is 16.3. The van der Waals surface area contributed by atoms with E-state index in [4.69, 9.17) is 14.4 Å². The molecule has 0 atom stereocenters. The smallest absolute Gasteiger partial charge is 0.375 e. The van der Waals surface area contributed by atoms with Crippen LogP contribution in [0, 0.1) is 18.3 Å².